The minimum Gasteiger partial charge on any atom is -0.330 e. The molecule has 0 spiro atoms. The summed E-state index contributed by atoms with van der Waals surface area (Å²) in [4.78, 5) is 8.66. The van der Waals surface area contributed by atoms with Crippen LogP contribution in [-0.2, 0) is 6.42 Å². The van der Waals surface area contributed by atoms with E-state index in [0.29, 0.717) is 23.9 Å². The maximum absolute atomic E-state index is 6.08. The Morgan fingerprint density at radius 2 is 2.13 bits per heavy atom. The van der Waals surface area contributed by atoms with Gasteiger partial charge in [0.15, 0.2) is 0 Å². The number of hydrogen-bond acceptors (Lipinski definition) is 3. The molecule has 0 saturated carbocycles. The number of aromatic nitrogens is 2. The predicted octanol–water partition coefficient (Wildman–Crippen LogP) is 2.09. The van der Waals surface area contributed by atoms with E-state index < -0.39 is 0 Å². The molecule has 0 unspecified atom stereocenters. The van der Waals surface area contributed by atoms with Gasteiger partial charge in [-0.05, 0) is 25.1 Å². The van der Waals surface area contributed by atoms with Gasteiger partial charge < -0.3 is 5.73 Å². The summed E-state index contributed by atoms with van der Waals surface area (Å²) in [5.41, 5.74) is 7.49. The highest BCUT2D eigenvalue weighted by molar-refractivity contribution is 6.34. The Morgan fingerprint density at radius 3 is 2.87 bits per heavy atom. The summed E-state index contributed by atoms with van der Waals surface area (Å²) in [6.07, 6.45) is 0.657. The van der Waals surface area contributed by atoms with Crippen molar-refractivity contribution < 1.29 is 0 Å². The van der Waals surface area contributed by atoms with Crippen LogP contribution in [0.15, 0.2) is 18.2 Å². The molecule has 0 saturated heterocycles. The fraction of sp³-hybridized carbons (Fsp3) is 0.273. The van der Waals surface area contributed by atoms with Crippen molar-refractivity contribution in [2.75, 3.05) is 6.54 Å². The largest absolute Gasteiger partial charge is 0.330 e. The highest BCUT2D eigenvalue weighted by Crippen LogP contribution is 2.22. The molecule has 0 aliphatic heterocycles. The third kappa shape index (κ3) is 1.94. The number of aryl methyl sites for hydroxylation is 1. The molecule has 0 radical (unpaired) electrons. The summed E-state index contributed by atoms with van der Waals surface area (Å²) in [5, 5.41) is 1.41. The molecule has 1 aromatic heterocycles. The average molecular weight is 222 g/mol. The molecular formula is C11H12ClN3. The zero-order valence-electron chi connectivity index (χ0n) is 8.50. The molecule has 0 amide bonds. The summed E-state index contributed by atoms with van der Waals surface area (Å²) in [6.45, 7) is 2.55. The van der Waals surface area contributed by atoms with Crippen molar-refractivity contribution in [1.82, 2.24) is 9.97 Å². The lowest BCUT2D eigenvalue weighted by atomic mass is 10.1. The van der Waals surface area contributed by atoms with E-state index in [1.165, 1.54) is 0 Å². The third-order valence-corrected chi connectivity index (χ3v) is 2.58. The molecule has 0 bridgehead atoms. The second-order valence-electron chi connectivity index (χ2n) is 3.44. The molecule has 15 heavy (non-hydrogen) atoms. The fourth-order valence-electron chi connectivity index (χ4n) is 1.54. The molecule has 0 aliphatic carbocycles. The standard InChI is InChI=1S/C11H12ClN3/c1-7-3-2-4-8-10(7)14-9(5-6-13)15-11(8)12/h2-4H,5-6,13H2,1H3. The van der Waals surface area contributed by atoms with Gasteiger partial charge >= 0.3 is 0 Å². The topological polar surface area (TPSA) is 51.8 Å². The normalized spacial score (nSPS) is 10.9. The Hall–Kier alpha value is -1.19. The van der Waals surface area contributed by atoms with Crippen molar-refractivity contribution in [2.24, 2.45) is 5.73 Å². The molecule has 4 heteroatoms. The van der Waals surface area contributed by atoms with Crippen molar-refractivity contribution in [1.29, 1.82) is 0 Å². The monoisotopic (exact) mass is 221 g/mol. The number of rotatable bonds is 2. The Bertz CT molecular complexity index is 496. The number of nitrogens with zero attached hydrogens (tertiary/aromatic N) is 2. The maximum Gasteiger partial charge on any atom is 0.140 e. The Morgan fingerprint density at radius 1 is 1.33 bits per heavy atom. The summed E-state index contributed by atoms with van der Waals surface area (Å²) in [7, 11) is 0. The molecule has 0 aliphatic rings. The zero-order chi connectivity index (χ0) is 10.8. The van der Waals surface area contributed by atoms with Gasteiger partial charge in [0, 0.05) is 11.8 Å². The van der Waals surface area contributed by atoms with Crippen molar-refractivity contribution in [3.05, 3.63) is 34.7 Å². The van der Waals surface area contributed by atoms with Crippen LogP contribution in [0.5, 0.6) is 0 Å². The van der Waals surface area contributed by atoms with Gasteiger partial charge in [-0.3, -0.25) is 0 Å². The van der Waals surface area contributed by atoms with Gasteiger partial charge in [0.1, 0.15) is 11.0 Å². The van der Waals surface area contributed by atoms with E-state index in [-0.39, 0.29) is 0 Å². The van der Waals surface area contributed by atoms with Gasteiger partial charge in [-0.15, -0.1) is 0 Å². The van der Waals surface area contributed by atoms with Crippen molar-refractivity contribution in [3.8, 4) is 0 Å². The van der Waals surface area contributed by atoms with E-state index in [9.17, 15) is 0 Å². The van der Waals surface area contributed by atoms with Crippen LogP contribution in [0.1, 0.15) is 11.4 Å². The van der Waals surface area contributed by atoms with E-state index in [1.54, 1.807) is 0 Å². The quantitative estimate of drug-likeness (QED) is 0.791. The van der Waals surface area contributed by atoms with Crippen molar-refractivity contribution in [2.45, 2.75) is 13.3 Å². The number of nitrogens with two attached hydrogens (primary N) is 1. The maximum atomic E-state index is 6.08. The molecular weight excluding hydrogens is 210 g/mol. The van der Waals surface area contributed by atoms with Crippen LogP contribution in [0.2, 0.25) is 5.15 Å². The van der Waals surface area contributed by atoms with Crippen molar-refractivity contribution >= 4 is 22.5 Å². The van der Waals surface area contributed by atoms with Crippen LogP contribution >= 0.6 is 11.6 Å². The van der Waals surface area contributed by atoms with Gasteiger partial charge in [0.2, 0.25) is 0 Å². The Balaban J connectivity index is 2.68. The molecule has 2 N–H and O–H groups in total. The minimum atomic E-state index is 0.507. The first-order valence-corrected chi connectivity index (χ1v) is 5.22. The van der Waals surface area contributed by atoms with Gasteiger partial charge in [0.25, 0.3) is 0 Å². The smallest absolute Gasteiger partial charge is 0.140 e. The molecule has 78 valence electrons. The Kier molecular flexibility index (Phi) is 2.84. The lowest BCUT2D eigenvalue weighted by Gasteiger charge is -2.05. The lowest BCUT2D eigenvalue weighted by Crippen LogP contribution is -2.07. The SMILES string of the molecule is Cc1cccc2c(Cl)nc(CCN)nc12. The minimum absolute atomic E-state index is 0.507. The second kappa shape index (κ2) is 4.13. The van der Waals surface area contributed by atoms with Crippen molar-refractivity contribution in [3.63, 3.8) is 0 Å². The first kappa shape index (κ1) is 10.3. The summed E-state index contributed by atoms with van der Waals surface area (Å²) >= 11 is 6.08. The molecule has 1 aromatic carbocycles. The van der Waals surface area contributed by atoms with Crippen LogP contribution in [0.4, 0.5) is 0 Å². The third-order valence-electron chi connectivity index (χ3n) is 2.30. The number of para-hydroxylation sites is 1. The van der Waals surface area contributed by atoms with E-state index in [2.05, 4.69) is 9.97 Å². The molecule has 0 fully saturated rings. The lowest BCUT2D eigenvalue weighted by molar-refractivity contribution is 0.879. The fourth-order valence-corrected chi connectivity index (χ4v) is 1.79. The second-order valence-corrected chi connectivity index (χ2v) is 3.80. The first-order valence-electron chi connectivity index (χ1n) is 4.84. The highest BCUT2D eigenvalue weighted by atomic mass is 35.5. The van der Waals surface area contributed by atoms with Gasteiger partial charge in [-0.25, -0.2) is 9.97 Å². The summed E-state index contributed by atoms with van der Waals surface area (Å²) < 4.78 is 0. The van der Waals surface area contributed by atoms with Gasteiger partial charge in [-0.1, -0.05) is 23.7 Å². The number of halogens is 1. The Labute approximate surface area is 93.3 Å². The number of benzene rings is 1. The summed E-state index contributed by atoms with van der Waals surface area (Å²) in [6, 6.07) is 5.89. The zero-order valence-corrected chi connectivity index (χ0v) is 9.25. The first-order chi connectivity index (χ1) is 7.22. The van der Waals surface area contributed by atoms with E-state index in [0.717, 1.165) is 16.5 Å². The number of fused-ring (bicyclic) bond motifs is 1. The highest BCUT2D eigenvalue weighted by Gasteiger charge is 2.06. The molecule has 3 nitrogen and oxygen atoms in total. The van der Waals surface area contributed by atoms with E-state index >= 15 is 0 Å². The van der Waals surface area contributed by atoms with Gasteiger partial charge in [-0.2, -0.15) is 0 Å². The van der Waals surface area contributed by atoms with Gasteiger partial charge in [0.05, 0.1) is 5.52 Å². The molecule has 2 aromatic rings. The van der Waals surface area contributed by atoms with Crippen LogP contribution in [0.3, 0.4) is 0 Å². The van der Waals surface area contributed by atoms with E-state index in [1.807, 2.05) is 25.1 Å². The van der Waals surface area contributed by atoms with Crippen LogP contribution in [-0.4, -0.2) is 16.5 Å². The molecule has 1 heterocycles. The van der Waals surface area contributed by atoms with Crippen LogP contribution in [0, 0.1) is 6.92 Å². The predicted molar refractivity (Wildman–Crippen MR) is 62.0 cm³/mol. The molecule has 0 atom stereocenters. The summed E-state index contributed by atoms with van der Waals surface area (Å²) in [5.74, 6) is 0.712. The average Bonchev–Trinajstić information content (AvgIpc) is 2.20. The number of hydrogen-bond donors (Lipinski definition) is 1. The van der Waals surface area contributed by atoms with E-state index in [4.69, 9.17) is 17.3 Å². The van der Waals surface area contributed by atoms with Crippen LogP contribution < -0.4 is 5.73 Å². The molecule has 2 rings (SSSR count). The van der Waals surface area contributed by atoms with Crippen LogP contribution in [0.25, 0.3) is 10.9 Å².